The molecule has 0 unspecified atom stereocenters. The van der Waals surface area contributed by atoms with Gasteiger partial charge in [0.05, 0.1) is 32.2 Å². The summed E-state index contributed by atoms with van der Waals surface area (Å²) < 4.78 is 42.2. The first-order chi connectivity index (χ1) is 12.3. The van der Waals surface area contributed by atoms with E-state index in [1.807, 2.05) is 13.8 Å². The second-order valence-electron chi connectivity index (χ2n) is 6.22. The monoisotopic (exact) mass is 386 g/mol. The minimum absolute atomic E-state index is 0.0234. The minimum atomic E-state index is -3.46. The van der Waals surface area contributed by atoms with Crippen LogP contribution in [0.5, 0.6) is 11.5 Å². The lowest BCUT2D eigenvalue weighted by Gasteiger charge is -2.34. The van der Waals surface area contributed by atoms with Gasteiger partial charge >= 0.3 is 0 Å². The Morgan fingerprint density at radius 2 is 1.81 bits per heavy atom. The molecule has 0 aliphatic carbocycles. The summed E-state index contributed by atoms with van der Waals surface area (Å²) in [5.41, 5.74) is 0.369. The number of benzene rings is 1. The standard InChI is InChI=1S/C17H26N2O6S/c1-12-10-19(11-13(2)25-12)26(21,22)8-7-18-17(20)14-5-6-15(23-3)16(9-14)24-4/h5-6,9,12-13H,7-8,10-11H2,1-4H3,(H,18,20)/t12-,13+. The van der Waals surface area contributed by atoms with Crippen molar-refractivity contribution < 1.29 is 27.4 Å². The molecule has 1 heterocycles. The lowest BCUT2D eigenvalue weighted by molar-refractivity contribution is -0.0440. The lowest BCUT2D eigenvalue weighted by Crippen LogP contribution is -2.49. The highest BCUT2D eigenvalue weighted by Gasteiger charge is 2.30. The van der Waals surface area contributed by atoms with Crippen LogP contribution in [0.1, 0.15) is 24.2 Å². The Hall–Kier alpha value is -1.84. The zero-order chi connectivity index (χ0) is 19.3. The summed E-state index contributed by atoms with van der Waals surface area (Å²) in [6.45, 7) is 4.37. The normalized spacial score (nSPS) is 21.2. The van der Waals surface area contributed by atoms with E-state index in [0.717, 1.165) is 0 Å². The van der Waals surface area contributed by atoms with Crippen molar-refractivity contribution in [3.63, 3.8) is 0 Å². The van der Waals surface area contributed by atoms with Crippen molar-refractivity contribution >= 4 is 15.9 Å². The Kier molecular flexibility index (Phi) is 6.85. The maximum absolute atomic E-state index is 12.5. The fraction of sp³-hybridized carbons (Fsp3) is 0.588. The molecule has 0 spiro atoms. The van der Waals surface area contributed by atoms with E-state index < -0.39 is 10.0 Å². The lowest BCUT2D eigenvalue weighted by atomic mass is 10.2. The number of carbonyl (C=O) groups is 1. The quantitative estimate of drug-likeness (QED) is 0.747. The number of hydrogen-bond acceptors (Lipinski definition) is 6. The molecule has 1 N–H and O–H groups in total. The smallest absolute Gasteiger partial charge is 0.251 e. The van der Waals surface area contributed by atoms with Gasteiger partial charge in [0.15, 0.2) is 11.5 Å². The first-order valence-electron chi connectivity index (χ1n) is 8.40. The van der Waals surface area contributed by atoms with Crippen LogP contribution in [0.4, 0.5) is 0 Å². The molecule has 2 rings (SSSR count). The van der Waals surface area contributed by atoms with Gasteiger partial charge in [-0.3, -0.25) is 4.79 Å². The van der Waals surface area contributed by atoms with Crippen LogP contribution in [0.2, 0.25) is 0 Å². The van der Waals surface area contributed by atoms with Crippen molar-refractivity contribution in [3.05, 3.63) is 23.8 Å². The Morgan fingerprint density at radius 3 is 2.38 bits per heavy atom. The van der Waals surface area contributed by atoms with E-state index in [1.54, 1.807) is 18.2 Å². The molecule has 0 aromatic heterocycles. The first-order valence-corrected chi connectivity index (χ1v) is 10.0. The Labute approximate surface area is 154 Å². The van der Waals surface area contributed by atoms with Gasteiger partial charge in [-0.25, -0.2) is 8.42 Å². The van der Waals surface area contributed by atoms with Crippen molar-refractivity contribution in [1.29, 1.82) is 0 Å². The molecular formula is C17H26N2O6S. The number of sulfonamides is 1. The highest BCUT2D eigenvalue weighted by atomic mass is 32.2. The number of hydrogen-bond donors (Lipinski definition) is 1. The van der Waals surface area contributed by atoms with E-state index in [0.29, 0.717) is 30.2 Å². The van der Waals surface area contributed by atoms with Crippen molar-refractivity contribution in [2.75, 3.05) is 39.6 Å². The Bertz CT molecular complexity index is 727. The maximum Gasteiger partial charge on any atom is 0.251 e. The number of methoxy groups -OCH3 is 2. The van der Waals surface area contributed by atoms with E-state index in [-0.39, 0.29) is 30.4 Å². The van der Waals surface area contributed by atoms with E-state index in [4.69, 9.17) is 14.2 Å². The fourth-order valence-electron chi connectivity index (χ4n) is 2.86. The predicted octanol–water partition coefficient (Wildman–Crippen LogP) is 0.873. The zero-order valence-electron chi connectivity index (χ0n) is 15.5. The van der Waals surface area contributed by atoms with Gasteiger partial charge in [-0.05, 0) is 32.0 Å². The number of carbonyl (C=O) groups excluding carboxylic acids is 1. The van der Waals surface area contributed by atoms with Gasteiger partial charge in [0.1, 0.15) is 0 Å². The van der Waals surface area contributed by atoms with Gasteiger partial charge in [0.25, 0.3) is 5.91 Å². The van der Waals surface area contributed by atoms with Gasteiger partial charge in [-0.2, -0.15) is 4.31 Å². The van der Waals surface area contributed by atoms with Crippen LogP contribution in [0.3, 0.4) is 0 Å². The van der Waals surface area contributed by atoms with Crippen LogP contribution in [-0.4, -0.2) is 70.4 Å². The average Bonchev–Trinajstić information content (AvgIpc) is 2.60. The average molecular weight is 386 g/mol. The molecule has 1 aromatic rings. The number of amides is 1. The molecule has 146 valence electrons. The van der Waals surface area contributed by atoms with E-state index >= 15 is 0 Å². The highest BCUT2D eigenvalue weighted by molar-refractivity contribution is 7.89. The summed E-state index contributed by atoms with van der Waals surface area (Å²) in [5.74, 6) is 0.418. The molecule has 1 aliphatic heterocycles. The highest BCUT2D eigenvalue weighted by Crippen LogP contribution is 2.27. The molecule has 0 radical (unpaired) electrons. The molecule has 1 aliphatic rings. The predicted molar refractivity (Wildman–Crippen MR) is 97.2 cm³/mol. The fourth-order valence-corrected chi connectivity index (χ4v) is 4.35. The SMILES string of the molecule is COc1ccc(C(=O)NCCS(=O)(=O)N2C[C@@H](C)O[C@@H](C)C2)cc1OC. The molecule has 2 atom stereocenters. The third kappa shape index (κ3) is 5.09. The van der Waals surface area contributed by atoms with Gasteiger partial charge in [0.2, 0.25) is 10.0 Å². The Morgan fingerprint density at radius 1 is 1.19 bits per heavy atom. The largest absolute Gasteiger partial charge is 0.493 e. The van der Waals surface area contributed by atoms with Gasteiger partial charge in [-0.15, -0.1) is 0 Å². The van der Waals surface area contributed by atoms with Crippen molar-refractivity contribution in [3.8, 4) is 11.5 Å². The molecule has 9 heteroatoms. The third-order valence-corrected chi connectivity index (χ3v) is 5.88. The molecule has 0 saturated carbocycles. The van der Waals surface area contributed by atoms with Crippen LogP contribution in [0, 0.1) is 0 Å². The first kappa shape index (κ1) is 20.5. The van der Waals surface area contributed by atoms with Gasteiger partial charge < -0.3 is 19.5 Å². The molecule has 1 saturated heterocycles. The summed E-state index contributed by atoms with van der Waals surface area (Å²) in [7, 11) is -0.464. The summed E-state index contributed by atoms with van der Waals surface area (Å²) in [5, 5.41) is 2.63. The number of rotatable bonds is 7. The van der Waals surface area contributed by atoms with E-state index in [9.17, 15) is 13.2 Å². The van der Waals surface area contributed by atoms with Crippen LogP contribution in [0.15, 0.2) is 18.2 Å². The van der Waals surface area contributed by atoms with Crippen molar-refractivity contribution in [2.24, 2.45) is 0 Å². The number of ether oxygens (including phenoxy) is 3. The second kappa shape index (κ2) is 8.70. The number of nitrogens with one attached hydrogen (secondary N) is 1. The topological polar surface area (TPSA) is 94.2 Å². The maximum atomic E-state index is 12.5. The van der Waals surface area contributed by atoms with Crippen LogP contribution in [-0.2, 0) is 14.8 Å². The summed E-state index contributed by atoms with van der Waals surface area (Å²) in [6, 6.07) is 4.77. The second-order valence-corrected chi connectivity index (χ2v) is 8.30. The van der Waals surface area contributed by atoms with E-state index in [1.165, 1.54) is 18.5 Å². The summed E-state index contributed by atoms with van der Waals surface area (Å²) in [6.07, 6.45) is -0.287. The molecule has 1 amide bonds. The molecule has 26 heavy (non-hydrogen) atoms. The molecular weight excluding hydrogens is 360 g/mol. The van der Waals surface area contributed by atoms with Crippen LogP contribution in [0.25, 0.3) is 0 Å². The number of nitrogens with zero attached hydrogens (tertiary/aromatic N) is 1. The van der Waals surface area contributed by atoms with E-state index in [2.05, 4.69) is 5.32 Å². The van der Waals surface area contributed by atoms with Gasteiger partial charge in [0, 0.05) is 25.2 Å². The summed E-state index contributed by atoms with van der Waals surface area (Å²) in [4.78, 5) is 12.2. The molecule has 8 nitrogen and oxygen atoms in total. The Balaban J connectivity index is 1.93. The van der Waals surface area contributed by atoms with Crippen molar-refractivity contribution in [1.82, 2.24) is 9.62 Å². The van der Waals surface area contributed by atoms with Crippen molar-refractivity contribution in [2.45, 2.75) is 26.1 Å². The number of morpholine rings is 1. The minimum Gasteiger partial charge on any atom is -0.493 e. The van der Waals surface area contributed by atoms with Gasteiger partial charge in [-0.1, -0.05) is 0 Å². The van der Waals surface area contributed by atoms with Crippen LogP contribution >= 0.6 is 0 Å². The molecule has 1 fully saturated rings. The zero-order valence-corrected chi connectivity index (χ0v) is 16.3. The van der Waals surface area contributed by atoms with Crippen LogP contribution < -0.4 is 14.8 Å². The molecule has 1 aromatic carbocycles. The third-order valence-electron chi connectivity index (χ3n) is 4.07. The molecule has 0 bridgehead atoms. The summed E-state index contributed by atoms with van der Waals surface area (Å²) >= 11 is 0.